The second kappa shape index (κ2) is 13.4. The summed E-state index contributed by atoms with van der Waals surface area (Å²) in [6, 6.07) is 26.8. The Labute approximate surface area is 214 Å². The normalized spacial score (nSPS) is 13.7. The summed E-state index contributed by atoms with van der Waals surface area (Å²) in [4.78, 5) is 0. The summed E-state index contributed by atoms with van der Waals surface area (Å²) in [7, 11) is 4.28. The van der Waals surface area contributed by atoms with Crippen molar-refractivity contribution in [1.82, 2.24) is 5.16 Å². The van der Waals surface area contributed by atoms with Crippen LogP contribution in [0.3, 0.4) is 0 Å². The Morgan fingerprint density at radius 3 is 2.11 bits per heavy atom. The van der Waals surface area contributed by atoms with Crippen LogP contribution in [0.4, 0.5) is 0 Å². The Kier molecular flexibility index (Phi) is 9.96. The summed E-state index contributed by atoms with van der Waals surface area (Å²) >= 11 is 0. The van der Waals surface area contributed by atoms with Gasteiger partial charge >= 0.3 is 0 Å². The van der Waals surface area contributed by atoms with Crippen molar-refractivity contribution in [3.8, 4) is 16.9 Å². The molecular formula is C29H32N3O3P. The van der Waals surface area contributed by atoms with Crippen molar-refractivity contribution in [1.29, 1.82) is 0 Å². The fourth-order valence-electron chi connectivity index (χ4n) is 3.56. The topological polar surface area (TPSA) is 80.2 Å². The Bertz CT molecular complexity index is 1250. The van der Waals surface area contributed by atoms with Gasteiger partial charge in [-0.1, -0.05) is 91.8 Å². The molecule has 0 bridgehead atoms. The quantitative estimate of drug-likeness (QED) is 0.149. The third-order valence-corrected chi connectivity index (χ3v) is 5.88. The summed E-state index contributed by atoms with van der Waals surface area (Å²) in [6.45, 7) is 4.00. The highest BCUT2D eigenvalue weighted by atomic mass is 31.0. The molecule has 3 aromatic carbocycles. The molecule has 1 atom stereocenters. The predicted molar refractivity (Wildman–Crippen MR) is 150 cm³/mol. The molecule has 0 saturated heterocycles. The predicted octanol–water partition coefficient (Wildman–Crippen LogP) is 6.37. The first-order valence-electron chi connectivity index (χ1n) is 11.9. The molecule has 1 fully saturated rings. The second-order valence-corrected chi connectivity index (χ2v) is 8.54. The minimum atomic E-state index is -0.391. The monoisotopic (exact) mass is 501 g/mol. The number of hydrogen-bond acceptors (Lipinski definition) is 6. The van der Waals surface area contributed by atoms with Gasteiger partial charge in [0, 0.05) is 5.56 Å². The van der Waals surface area contributed by atoms with E-state index in [4.69, 9.17) is 14.4 Å². The van der Waals surface area contributed by atoms with E-state index in [-0.39, 0.29) is 0 Å². The molecule has 6 nitrogen and oxygen atoms in total. The van der Waals surface area contributed by atoms with Crippen LogP contribution in [0.25, 0.3) is 11.1 Å². The van der Waals surface area contributed by atoms with Crippen LogP contribution in [0.1, 0.15) is 38.0 Å². The van der Waals surface area contributed by atoms with Gasteiger partial charge in [-0.05, 0) is 41.4 Å². The van der Waals surface area contributed by atoms with Crippen molar-refractivity contribution in [3.05, 3.63) is 102 Å². The molecule has 1 aliphatic carbocycles. The number of hydrogen-bond donors (Lipinski definition) is 1. The lowest BCUT2D eigenvalue weighted by Crippen LogP contribution is -2.22. The third kappa shape index (κ3) is 6.89. The zero-order chi connectivity index (χ0) is 25.8. The van der Waals surface area contributed by atoms with Crippen LogP contribution in [0.2, 0.25) is 0 Å². The van der Waals surface area contributed by atoms with Crippen molar-refractivity contribution in [3.63, 3.8) is 0 Å². The summed E-state index contributed by atoms with van der Waals surface area (Å²) in [5, 5.41) is 22.4. The van der Waals surface area contributed by atoms with Gasteiger partial charge in [0.2, 0.25) is 5.90 Å². The fourth-order valence-corrected chi connectivity index (χ4v) is 3.75. The standard InChI is InChI=1S/C21H20N3O2P.C6H6O.C2H6/c1-25-20(24-22-13-15-7-9-17(27)10-8-15)21(11-12-21)19-18(14-23-26-19)16-5-3-2-4-6-16;7-6-4-2-1-3-5-6;1-2/h2-10,13-14H,11-12,27H2,1H3;1-5,7H;1-2H3/b22-13+,24-20-;;. The van der Waals surface area contributed by atoms with Crippen molar-refractivity contribution in [2.24, 2.45) is 10.2 Å². The van der Waals surface area contributed by atoms with Gasteiger partial charge in [0.15, 0.2) is 5.76 Å². The molecule has 4 aromatic rings. The van der Waals surface area contributed by atoms with Crippen LogP contribution in [0, 0.1) is 0 Å². The lowest BCUT2D eigenvalue weighted by molar-refractivity contribution is 0.335. The first-order valence-corrected chi connectivity index (χ1v) is 12.5. The zero-order valence-corrected chi connectivity index (χ0v) is 22.0. The average Bonchev–Trinajstić information content (AvgIpc) is 3.57. The minimum Gasteiger partial charge on any atom is -0.508 e. The molecular weight excluding hydrogens is 469 g/mol. The first kappa shape index (κ1) is 26.8. The van der Waals surface area contributed by atoms with Crippen LogP contribution < -0.4 is 5.30 Å². The van der Waals surface area contributed by atoms with E-state index in [1.165, 1.54) is 0 Å². The van der Waals surface area contributed by atoms with Gasteiger partial charge in [-0.2, -0.15) is 5.10 Å². The van der Waals surface area contributed by atoms with E-state index >= 15 is 0 Å². The number of methoxy groups -OCH3 is 1. The molecule has 7 heteroatoms. The molecule has 1 heterocycles. The van der Waals surface area contributed by atoms with Gasteiger partial charge in [0.25, 0.3) is 0 Å². The van der Waals surface area contributed by atoms with E-state index in [0.29, 0.717) is 11.6 Å². The summed E-state index contributed by atoms with van der Waals surface area (Å²) in [5.74, 6) is 1.66. The van der Waals surface area contributed by atoms with E-state index in [2.05, 4.69) is 24.6 Å². The molecule has 0 spiro atoms. The average molecular weight is 502 g/mol. The van der Waals surface area contributed by atoms with Crippen molar-refractivity contribution >= 4 is 26.7 Å². The lowest BCUT2D eigenvalue weighted by atomic mass is 9.96. The fraction of sp³-hybridized carbons (Fsp3) is 0.207. The number of phenolic OH excluding ortho intramolecular Hbond substituents is 1. The van der Waals surface area contributed by atoms with Crippen molar-refractivity contribution < 1.29 is 14.4 Å². The first-order chi connectivity index (χ1) is 17.6. The van der Waals surface area contributed by atoms with E-state index in [9.17, 15) is 0 Å². The van der Waals surface area contributed by atoms with Gasteiger partial charge in [-0.25, -0.2) is 0 Å². The van der Waals surface area contributed by atoms with Crippen LogP contribution in [-0.4, -0.2) is 29.5 Å². The highest BCUT2D eigenvalue weighted by Gasteiger charge is 2.55. The SMILES string of the molecule is CC.CO/C(=N\N=C\c1ccc(P)cc1)C1(c2oncc2-c2ccccc2)CC1.Oc1ccccc1. The molecule has 0 amide bonds. The second-order valence-electron chi connectivity index (χ2n) is 7.87. The summed E-state index contributed by atoms with van der Waals surface area (Å²) < 4.78 is 11.2. The summed E-state index contributed by atoms with van der Waals surface area (Å²) in [6.07, 6.45) is 5.27. The maximum atomic E-state index is 8.63. The van der Waals surface area contributed by atoms with Crippen molar-refractivity contribution in [2.45, 2.75) is 32.1 Å². The Hall–Kier alpha value is -3.76. The van der Waals surface area contributed by atoms with Gasteiger partial charge in [-0.15, -0.1) is 14.3 Å². The summed E-state index contributed by atoms with van der Waals surface area (Å²) in [5.41, 5.74) is 2.63. The van der Waals surface area contributed by atoms with E-state index in [1.54, 1.807) is 43.8 Å². The minimum absolute atomic E-state index is 0.322. The van der Waals surface area contributed by atoms with Crippen LogP contribution in [0.5, 0.6) is 5.75 Å². The molecule has 1 saturated carbocycles. The number of rotatable bonds is 5. The molecule has 1 N–H and O–H groups in total. The van der Waals surface area contributed by atoms with Crippen LogP contribution >= 0.6 is 9.24 Å². The molecule has 0 radical (unpaired) electrons. The highest BCUT2D eigenvalue weighted by molar-refractivity contribution is 7.27. The van der Waals surface area contributed by atoms with Crippen LogP contribution in [-0.2, 0) is 10.2 Å². The van der Waals surface area contributed by atoms with Gasteiger partial charge < -0.3 is 14.4 Å². The molecule has 186 valence electrons. The third-order valence-electron chi connectivity index (χ3n) is 5.49. The molecule has 1 aliphatic rings. The molecule has 0 aliphatic heterocycles. The van der Waals surface area contributed by atoms with Crippen LogP contribution in [0.15, 0.2) is 106 Å². The smallest absolute Gasteiger partial charge is 0.222 e. The lowest BCUT2D eigenvalue weighted by Gasteiger charge is -2.14. The zero-order valence-electron chi connectivity index (χ0n) is 20.8. The number of aromatic nitrogens is 1. The Balaban J connectivity index is 0.000000342. The number of phenols is 1. The largest absolute Gasteiger partial charge is 0.508 e. The number of para-hydroxylation sites is 1. The number of aromatic hydroxyl groups is 1. The van der Waals surface area contributed by atoms with Crippen molar-refractivity contribution in [2.75, 3.05) is 7.11 Å². The van der Waals surface area contributed by atoms with Gasteiger partial charge in [-0.3, -0.25) is 0 Å². The Morgan fingerprint density at radius 1 is 0.972 bits per heavy atom. The number of benzene rings is 3. The van der Waals surface area contributed by atoms with Gasteiger partial charge in [0.1, 0.15) is 11.2 Å². The number of ether oxygens (including phenoxy) is 1. The number of nitrogens with zero attached hydrogens (tertiary/aromatic N) is 3. The Morgan fingerprint density at radius 2 is 1.58 bits per heavy atom. The molecule has 1 aromatic heterocycles. The molecule has 1 unspecified atom stereocenters. The van der Waals surface area contributed by atoms with Gasteiger partial charge in [0.05, 0.1) is 19.5 Å². The highest BCUT2D eigenvalue weighted by Crippen LogP contribution is 2.52. The van der Waals surface area contributed by atoms with E-state index in [1.807, 2.05) is 74.5 Å². The molecule has 36 heavy (non-hydrogen) atoms. The maximum absolute atomic E-state index is 8.63. The van der Waals surface area contributed by atoms with E-state index < -0.39 is 5.41 Å². The van der Waals surface area contributed by atoms with E-state index in [0.717, 1.165) is 40.6 Å². The maximum Gasteiger partial charge on any atom is 0.222 e. The molecule has 5 rings (SSSR count).